The largest absolute Gasteiger partial charge is 0.527 e. The van der Waals surface area contributed by atoms with E-state index in [-0.39, 0.29) is 6.61 Å². The van der Waals surface area contributed by atoms with Gasteiger partial charge in [-0.15, -0.1) is 0 Å². The smallest absolute Gasteiger partial charge is 0.502 e. The Morgan fingerprint density at radius 2 is 1.93 bits per heavy atom. The molecule has 0 saturated heterocycles. The van der Waals surface area contributed by atoms with Gasteiger partial charge in [-0.1, -0.05) is 6.58 Å². The van der Waals surface area contributed by atoms with Gasteiger partial charge in [-0.25, -0.2) is 4.79 Å². The fraction of sp³-hybridized carbons (Fsp3) is 0.667. The third kappa shape index (κ3) is 15.7. The van der Waals surface area contributed by atoms with E-state index in [9.17, 15) is 9.26 Å². The zero-order chi connectivity index (χ0) is 12.1. The maximum absolute atomic E-state index is 10.7. The summed E-state index contributed by atoms with van der Waals surface area (Å²) < 4.78 is 24.2. The van der Waals surface area contributed by atoms with Crippen LogP contribution in [0.4, 0.5) is 0 Å². The number of carbonyl (C=O) groups is 1. The number of hydrogen-bond acceptors (Lipinski definition) is 5. The van der Waals surface area contributed by atoms with Crippen LogP contribution in [-0.4, -0.2) is 42.8 Å². The molecule has 0 aromatic carbocycles. The summed E-state index contributed by atoms with van der Waals surface area (Å²) >= 11 is 0. The van der Waals surface area contributed by atoms with E-state index in [1.165, 1.54) is 7.11 Å². The van der Waals surface area contributed by atoms with Crippen molar-refractivity contribution in [3.8, 4) is 0 Å². The summed E-state index contributed by atoms with van der Waals surface area (Å²) in [5, 5.41) is 0. The molecule has 0 rings (SSSR count). The maximum Gasteiger partial charge on any atom is 0.502 e. The molecule has 0 aliphatic heterocycles. The Labute approximate surface area is 91.8 Å². The first kappa shape index (κ1) is 16.4. The minimum Gasteiger partial charge on any atom is -0.527 e. The van der Waals surface area contributed by atoms with Crippen LogP contribution < -0.4 is 0 Å². The molecular formula is C9H18O5Si. The quantitative estimate of drug-likeness (QED) is 0.296. The van der Waals surface area contributed by atoms with E-state index < -0.39 is 14.9 Å². The highest BCUT2D eigenvalue weighted by molar-refractivity contribution is 6.34. The fourth-order valence-corrected chi connectivity index (χ4v) is 1.19. The Hall–Kier alpha value is -1.01. The van der Waals surface area contributed by atoms with E-state index in [1.807, 2.05) is 0 Å². The average Bonchev–Trinajstić information content (AvgIpc) is 2.24. The molecule has 0 N–H and O–H groups in total. The number of ether oxygens (including phenoxy) is 2. The third-order valence-electron chi connectivity index (χ3n) is 1.16. The molecule has 0 spiro atoms. The fourth-order valence-electron chi connectivity index (χ4n) is 0.550. The van der Waals surface area contributed by atoms with Gasteiger partial charge >= 0.3 is 14.9 Å². The summed E-state index contributed by atoms with van der Waals surface area (Å²) in [6.45, 7) is 3.50. The Morgan fingerprint density at radius 1 is 1.40 bits per heavy atom. The first-order valence-corrected chi connectivity index (χ1v) is 5.90. The molecule has 0 heterocycles. The molecule has 0 amide bonds. The van der Waals surface area contributed by atoms with Gasteiger partial charge in [0.25, 0.3) is 0 Å². The van der Waals surface area contributed by atoms with Gasteiger partial charge in [0, 0.05) is 26.3 Å². The van der Waals surface area contributed by atoms with Gasteiger partial charge in [-0.2, -0.15) is 0 Å². The molecule has 0 aliphatic rings. The number of esters is 1. The van der Waals surface area contributed by atoms with Crippen molar-refractivity contribution < 1.29 is 23.2 Å². The molecule has 0 saturated carbocycles. The first-order chi connectivity index (χ1) is 7.12. The van der Waals surface area contributed by atoms with Crippen LogP contribution in [-0.2, 0) is 23.2 Å². The lowest BCUT2D eigenvalue weighted by Gasteiger charge is -1.99. The van der Waals surface area contributed by atoms with Crippen molar-refractivity contribution in [3.05, 3.63) is 12.7 Å². The lowest BCUT2D eigenvalue weighted by atomic mass is 10.5. The van der Waals surface area contributed by atoms with Crippen molar-refractivity contribution in [1.29, 1.82) is 0 Å². The van der Waals surface area contributed by atoms with Crippen molar-refractivity contribution in [1.82, 2.24) is 0 Å². The first-order valence-electron chi connectivity index (χ1n) is 4.38. The molecule has 5 nitrogen and oxygen atoms in total. The van der Waals surface area contributed by atoms with Gasteiger partial charge in [0.05, 0.1) is 13.7 Å². The maximum atomic E-state index is 10.7. The second-order valence-electron chi connectivity index (χ2n) is 2.46. The Bertz CT molecular complexity index is 193. The van der Waals surface area contributed by atoms with Gasteiger partial charge in [-0.05, 0) is 6.42 Å². The lowest BCUT2D eigenvalue weighted by molar-refractivity contribution is -0.137. The van der Waals surface area contributed by atoms with Crippen molar-refractivity contribution in [2.45, 2.75) is 12.5 Å². The van der Waals surface area contributed by atoms with Gasteiger partial charge in [0.2, 0.25) is 0 Å². The predicted molar refractivity (Wildman–Crippen MR) is 57.0 cm³/mol. The molecule has 0 unspecified atom stereocenters. The summed E-state index contributed by atoms with van der Waals surface area (Å²) in [7, 11) is 2.75. The SMILES string of the molecule is C=CC(=O)OCCC[Si](=O)OC.COC. The van der Waals surface area contributed by atoms with Crippen LogP contribution in [0.2, 0.25) is 6.04 Å². The standard InChI is InChI=1S/C7H12O4Si.C2H6O/c1-3-7(8)11-5-4-6-12(9)10-2;1-3-2/h3H,1,4-6H2,2H3;1-2H3. The molecule has 88 valence electrons. The van der Waals surface area contributed by atoms with Crippen molar-refractivity contribution in [2.75, 3.05) is 27.9 Å². The second kappa shape index (κ2) is 13.0. The van der Waals surface area contributed by atoms with Crippen LogP contribution in [0.15, 0.2) is 12.7 Å². The van der Waals surface area contributed by atoms with Crippen molar-refractivity contribution >= 4 is 14.9 Å². The van der Waals surface area contributed by atoms with E-state index in [2.05, 4.69) is 20.5 Å². The number of carbonyl (C=O) groups excluding carboxylic acids is 1. The van der Waals surface area contributed by atoms with Crippen molar-refractivity contribution in [3.63, 3.8) is 0 Å². The summed E-state index contributed by atoms with van der Waals surface area (Å²) in [5.41, 5.74) is 0. The van der Waals surface area contributed by atoms with E-state index >= 15 is 0 Å². The van der Waals surface area contributed by atoms with E-state index in [1.54, 1.807) is 14.2 Å². The van der Waals surface area contributed by atoms with Crippen molar-refractivity contribution in [2.24, 2.45) is 0 Å². The van der Waals surface area contributed by atoms with Crippen LogP contribution in [0.1, 0.15) is 6.42 Å². The van der Waals surface area contributed by atoms with E-state index in [4.69, 9.17) is 0 Å². The Morgan fingerprint density at radius 3 is 2.33 bits per heavy atom. The minimum atomic E-state index is -1.90. The topological polar surface area (TPSA) is 61.8 Å². The Kier molecular flexibility index (Phi) is 14.2. The molecule has 0 fully saturated rings. The number of rotatable bonds is 6. The summed E-state index contributed by atoms with van der Waals surface area (Å²) in [6, 6.07) is 0.450. The zero-order valence-corrected chi connectivity index (χ0v) is 10.4. The predicted octanol–water partition coefficient (Wildman–Crippen LogP) is 0.933. The molecule has 0 aromatic heterocycles. The van der Waals surface area contributed by atoms with Crippen LogP contribution >= 0.6 is 0 Å². The highest BCUT2D eigenvalue weighted by Crippen LogP contribution is 1.93. The monoisotopic (exact) mass is 234 g/mol. The number of hydrogen-bond donors (Lipinski definition) is 0. The normalized spacial score (nSPS) is 8.20. The molecule has 0 radical (unpaired) electrons. The lowest BCUT2D eigenvalue weighted by Crippen LogP contribution is -2.06. The van der Waals surface area contributed by atoms with E-state index in [0.717, 1.165) is 6.08 Å². The average molecular weight is 234 g/mol. The molecule has 0 bridgehead atoms. The summed E-state index contributed by atoms with van der Waals surface area (Å²) in [4.78, 5) is 10.5. The summed E-state index contributed by atoms with van der Waals surface area (Å²) in [6.07, 6.45) is 1.66. The highest BCUT2D eigenvalue weighted by Gasteiger charge is 2.04. The van der Waals surface area contributed by atoms with Crippen LogP contribution in [0.3, 0.4) is 0 Å². The number of methoxy groups -OCH3 is 1. The zero-order valence-electron chi connectivity index (χ0n) is 9.45. The molecule has 0 aliphatic carbocycles. The van der Waals surface area contributed by atoms with Gasteiger partial charge < -0.3 is 18.4 Å². The summed E-state index contributed by atoms with van der Waals surface area (Å²) in [5.74, 6) is -0.452. The van der Waals surface area contributed by atoms with Crippen LogP contribution in [0.5, 0.6) is 0 Å². The second-order valence-corrected chi connectivity index (χ2v) is 4.11. The molecule has 15 heavy (non-hydrogen) atoms. The van der Waals surface area contributed by atoms with Gasteiger partial charge in [-0.3, -0.25) is 0 Å². The molecule has 0 aromatic rings. The van der Waals surface area contributed by atoms with Crippen LogP contribution in [0, 0.1) is 0 Å². The van der Waals surface area contributed by atoms with E-state index in [0.29, 0.717) is 12.5 Å². The van der Waals surface area contributed by atoms with Crippen LogP contribution in [0.25, 0.3) is 0 Å². The van der Waals surface area contributed by atoms with Gasteiger partial charge in [0.15, 0.2) is 0 Å². The minimum absolute atomic E-state index is 0.268. The van der Waals surface area contributed by atoms with Gasteiger partial charge in [0.1, 0.15) is 0 Å². The molecular weight excluding hydrogens is 216 g/mol. The Balaban J connectivity index is 0. The highest BCUT2D eigenvalue weighted by atomic mass is 28.3. The molecule has 0 atom stereocenters. The molecule has 6 heteroatoms. The third-order valence-corrected chi connectivity index (χ3v) is 2.38.